The van der Waals surface area contributed by atoms with Crippen molar-refractivity contribution in [2.45, 2.75) is 33.6 Å². The third-order valence-electron chi connectivity index (χ3n) is 4.36. The number of benzene rings is 1. The minimum Gasteiger partial charge on any atom is -0.505 e. The third kappa shape index (κ3) is 3.37. The molecule has 0 unspecified atom stereocenters. The monoisotopic (exact) mass is 402 g/mol. The number of hydrogen-bond acceptors (Lipinski definition) is 4. The van der Waals surface area contributed by atoms with Crippen LogP contribution in [0.3, 0.4) is 0 Å². The summed E-state index contributed by atoms with van der Waals surface area (Å²) in [7, 11) is 0. The highest BCUT2D eigenvalue weighted by Crippen LogP contribution is 2.34. The zero-order chi connectivity index (χ0) is 18.1. The van der Waals surface area contributed by atoms with Gasteiger partial charge < -0.3 is 5.11 Å². The van der Waals surface area contributed by atoms with Gasteiger partial charge in [-0.15, -0.1) is 10.2 Å². The Morgan fingerprint density at radius 3 is 2.68 bits per heavy atom. The maximum Gasteiger partial charge on any atom is 0.298 e. The van der Waals surface area contributed by atoms with E-state index in [0.29, 0.717) is 15.9 Å². The number of hydrogen-bond donors (Lipinski definition) is 2. The van der Waals surface area contributed by atoms with Crippen LogP contribution in [-0.4, -0.2) is 14.9 Å². The quantitative estimate of drug-likeness (QED) is 0.679. The number of para-hydroxylation sites is 1. The molecule has 0 aliphatic heterocycles. The van der Waals surface area contributed by atoms with E-state index >= 15 is 0 Å². The summed E-state index contributed by atoms with van der Waals surface area (Å²) in [6.45, 7) is 5.94. The van der Waals surface area contributed by atoms with E-state index in [1.807, 2.05) is 13.0 Å². The van der Waals surface area contributed by atoms with Crippen molar-refractivity contribution < 1.29 is 5.11 Å². The number of phenols is 1. The van der Waals surface area contributed by atoms with Crippen LogP contribution >= 0.6 is 15.9 Å². The lowest BCUT2D eigenvalue weighted by Crippen LogP contribution is -2.17. The zero-order valence-corrected chi connectivity index (χ0v) is 15.9. The molecule has 1 aromatic heterocycles. The second-order valence-electron chi connectivity index (χ2n) is 6.13. The molecular formula is C18H19BrN4O2. The lowest BCUT2D eigenvalue weighted by atomic mass is 9.98. The van der Waals surface area contributed by atoms with Gasteiger partial charge in [-0.05, 0) is 67.8 Å². The number of allylic oxidation sites excluding steroid dienone is 4. The van der Waals surface area contributed by atoms with Gasteiger partial charge in [0, 0.05) is 5.70 Å². The van der Waals surface area contributed by atoms with Gasteiger partial charge in [-0.25, -0.2) is 4.68 Å². The van der Waals surface area contributed by atoms with E-state index in [0.717, 1.165) is 18.5 Å². The Morgan fingerprint density at radius 2 is 1.96 bits per heavy atom. The third-order valence-corrected chi connectivity index (χ3v) is 5.00. The number of rotatable bonds is 3. The fourth-order valence-electron chi connectivity index (χ4n) is 2.68. The van der Waals surface area contributed by atoms with Gasteiger partial charge in [-0.2, -0.15) is 0 Å². The van der Waals surface area contributed by atoms with E-state index in [9.17, 15) is 9.90 Å². The summed E-state index contributed by atoms with van der Waals surface area (Å²) >= 11 is 3.23. The second kappa shape index (κ2) is 6.84. The number of aromatic nitrogens is 2. The summed E-state index contributed by atoms with van der Waals surface area (Å²) in [6, 6.07) is 5.08. The van der Waals surface area contributed by atoms with Gasteiger partial charge in [-0.1, -0.05) is 17.2 Å². The summed E-state index contributed by atoms with van der Waals surface area (Å²) in [5, 5.41) is 21.1. The largest absolute Gasteiger partial charge is 0.505 e. The number of phenolic OH excluding ortho intramolecular Hbond substituents is 1. The standard InChI is InChI=1S/C18H19BrN4O2/c1-10-7-8-13(9-11(10)2)23-18(25)16(12(3)22-23)21-20-15-6-4-5-14(19)17(15)24/h4-6,9,22,24H,7-8H2,1-3H3. The lowest BCUT2D eigenvalue weighted by Gasteiger charge is -2.15. The molecular weight excluding hydrogens is 384 g/mol. The number of azo groups is 1. The average molecular weight is 403 g/mol. The van der Waals surface area contributed by atoms with Crippen LogP contribution in [-0.2, 0) is 0 Å². The number of aromatic amines is 1. The van der Waals surface area contributed by atoms with Crippen LogP contribution in [0.25, 0.3) is 5.70 Å². The van der Waals surface area contributed by atoms with Gasteiger partial charge in [0.15, 0.2) is 11.4 Å². The van der Waals surface area contributed by atoms with Gasteiger partial charge >= 0.3 is 0 Å². The minimum atomic E-state index is -0.241. The Hall–Kier alpha value is -2.41. The molecule has 2 N–H and O–H groups in total. The first-order valence-electron chi connectivity index (χ1n) is 7.96. The van der Waals surface area contributed by atoms with E-state index in [2.05, 4.69) is 38.2 Å². The summed E-state index contributed by atoms with van der Waals surface area (Å²) in [5.41, 5.74) is 4.37. The molecule has 130 valence electrons. The van der Waals surface area contributed by atoms with E-state index in [1.54, 1.807) is 25.1 Å². The molecule has 0 saturated carbocycles. The molecule has 1 aliphatic rings. The van der Waals surface area contributed by atoms with E-state index in [-0.39, 0.29) is 17.0 Å². The van der Waals surface area contributed by atoms with Crippen LogP contribution in [0, 0.1) is 6.92 Å². The van der Waals surface area contributed by atoms with E-state index in [4.69, 9.17) is 0 Å². The Balaban J connectivity index is 1.99. The summed E-state index contributed by atoms with van der Waals surface area (Å²) in [4.78, 5) is 12.7. The number of halogens is 1. The minimum absolute atomic E-state index is 0.00834. The van der Waals surface area contributed by atoms with Crippen molar-refractivity contribution in [1.82, 2.24) is 9.78 Å². The predicted molar refractivity (Wildman–Crippen MR) is 102 cm³/mol. The smallest absolute Gasteiger partial charge is 0.298 e. The molecule has 0 bridgehead atoms. The van der Waals surface area contributed by atoms with Crippen LogP contribution in [0.5, 0.6) is 5.75 Å². The van der Waals surface area contributed by atoms with Crippen molar-refractivity contribution >= 4 is 33.0 Å². The molecule has 6 nitrogen and oxygen atoms in total. The van der Waals surface area contributed by atoms with Crippen molar-refractivity contribution in [2.75, 3.05) is 0 Å². The van der Waals surface area contributed by atoms with Gasteiger partial charge in [0.2, 0.25) is 0 Å². The maximum atomic E-state index is 12.7. The zero-order valence-electron chi connectivity index (χ0n) is 14.3. The molecule has 0 saturated heterocycles. The normalized spacial score (nSPS) is 15.1. The summed E-state index contributed by atoms with van der Waals surface area (Å²) < 4.78 is 2.05. The Kier molecular flexibility index (Phi) is 4.76. The van der Waals surface area contributed by atoms with Gasteiger partial charge in [-0.3, -0.25) is 9.89 Å². The van der Waals surface area contributed by atoms with Crippen molar-refractivity contribution in [1.29, 1.82) is 0 Å². The van der Waals surface area contributed by atoms with Gasteiger partial charge in [0.25, 0.3) is 5.56 Å². The number of nitrogens with zero attached hydrogens (tertiary/aromatic N) is 3. The van der Waals surface area contributed by atoms with Crippen molar-refractivity contribution in [3.05, 3.63) is 55.9 Å². The van der Waals surface area contributed by atoms with Crippen molar-refractivity contribution in [2.24, 2.45) is 10.2 Å². The van der Waals surface area contributed by atoms with Crippen molar-refractivity contribution in [3.63, 3.8) is 0 Å². The van der Waals surface area contributed by atoms with Crippen LogP contribution in [0.1, 0.15) is 32.4 Å². The topological polar surface area (TPSA) is 82.7 Å². The summed E-state index contributed by atoms with van der Waals surface area (Å²) in [5.74, 6) is -0.00834. The first-order chi connectivity index (χ1) is 11.9. The molecule has 3 rings (SSSR count). The fraction of sp³-hybridized carbons (Fsp3) is 0.278. The van der Waals surface area contributed by atoms with E-state index in [1.165, 1.54) is 15.8 Å². The van der Waals surface area contributed by atoms with Gasteiger partial charge in [0.05, 0.1) is 10.2 Å². The van der Waals surface area contributed by atoms with Crippen molar-refractivity contribution in [3.8, 4) is 5.75 Å². The average Bonchev–Trinajstić information content (AvgIpc) is 2.86. The van der Waals surface area contributed by atoms with Crippen LogP contribution in [0.15, 0.2) is 54.9 Å². The highest BCUT2D eigenvalue weighted by Gasteiger charge is 2.16. The molecule has 0 atom stereocenters. The Labute approximate surface area is 153 Å². The van der Waals surface area contributed by atoms with Crippen LogP contribution < -0.4 is 5.56 Å². The fourth-order valence-corrected chi connectivity index (χ4v) is 3.04. The first kappa shape index (κ1) is 17.4. The molecule has 7 heteroatoms. The molecule has 0 fully saturated rings. The highest BCUT2D eigenvalue weighted by molar-refractivity contribution is 9.10. The van der Waals surface area contributed by atoms with Crippen LogP contribution in [0.4, 0.5) is 11.4 Å². The number of nitrogens with one attached hydrogen (secondary N) is 1. The molecule has 2 aromatic rings. The van der Waals surface area contributed by atoms with E-state index < -0.39 is 0 Å². The van der Waals surface area contributed by atoms with Crippen LogP contribution in [0.2, 0.25) is 0 Å². The molecule has 1 aromatic carbocycles. The molecule has 1 aliphatic carbocycles. The molecule has 0 spiro atoms. The second-order valence-corrected chi connectivity index (χ2v) is 6.99. The maximum absolute atomic E-state index is 12.7. The SMILES string of the molecule is CC1=C(C)CCC(n2[nH]c(C)c(N=Nc3cccc(Br)c3O)c2=O)=C1. The lowest BCUT2D eigenvalue weighted by molar-refractivity contribution is 0.473. The molecule has 25 heavy (non-hydrogen) atoms. The first-order valence-corrected chi connectivity index (χ1v) is 8.76. The molecule has 0 radical (unpaired) electrons. The number of aromatic hydroxyl groups is 1. The summed E-state index contributed by atoms with van der Waals surface area (Å²) in [6.07, 6.45) is 3.76. The highest BCUT2D eigenvalue weighted by atomic mass is 79.9. The molecule has 0 amide bonds. The number of H-pyrrole nitrogens is 1. The van der Waals surface area contributed by atoms with Gasteiger partial charge in [0.1, 0.15) is 5.69 Å². The predicted octanol–water partition coefficient (Wildman–Crippen LogP) is 5.34. The number of aryl methyl sites for hydroxylation is 1. The Bertz CT molecular complexity index is 979. The molecule has 1 heterocycles. The Morgan fingerprint density at radius 1 is 1.20 bits per heavy atom.